The second-order valence-electron chi connectivity index (χ2n) is 7.19. The molecular formula is C24H22OS. The average Bonchev–Trinajstić information content (AvgIpc) is 3.18. The average molecular weight is 359 g/mol. The second-order valence-corrected chi connectivity index (χ2v) is 8.28. The molecule has 0 N–H and O–H groups in total. The second kappa shape index (κ2) is 5.59. The SMILES string of the molecule is CCC1(CC)c2cc(OC)ccc2-c2cc3sc4ccccc4c3cc21. The monoisotopic (exact) mass is 358 g/mol. The fourth-order valence-corrected chi connectivity index (χ4v) is 5.96. The van der Waals surface area contributed by atoms with E-state index >= 15 is 0 Å². The Bertz CT molecular complexity index is 1150. The van der Waals surface area contributed by atoms with Crippen molar-refractivity contribution in [2.45, 2.75) is 32.1 Å². The van der Waals surface area contributed by atoms with Crippen LogP contribution in [0.25, 0.3) is 31.3 Å². The molecule has 0 saturated heterocycles. The largest absolute Gasteiger partial charge is 0.497 e. The molecule has 1 aliphatic rings. The Hall–Kier alpha value is -2.32. The van der Waals surface area contributed by atoms with Gasteiger partial charge in [-0.1, -0.05) is 38.1 Å². The van der Waals surface area contributed by atoms with Gasteiger partial charge in [-0.15, -0.1) is 11.3 Å². The lowest BCUT2D eigenvalue weighted by Crippen LogP contribution is -2.23. The Morgan fingerprint density at radius 2 is 1.58 bits per heavy atom. The van der Waals surface area contributed by atoms with Crippen LogP contribution < -0.4 is 4.74 Å². The van der Waals surface area contributed by atoms with Crippen LogP contribution in [-0.4, -0.2) is 7.11 Å². The highest BCUT2D eigenvalue weighted by Crippen LogP contribution is 2.55. The highest BCUT2D eigenvalue weighted by Gasteiger charge is 2.41. The fraction of sp³-hybridized carbons (Fsp3) is 0.250. The van der Waals surface area contributed by atoms with Crippen LogP contribution in [0.1, 0.15) is 37.8 Å². The van der Waals surface area contributed by atoms with Crippen LogP contribution in [0.5, 0.6) is 5.75 Å². The fourth-order valence-electron chi connectivity index (χ4n) is 4.83. The molecule has 0 saturated carbocycles. The lowest BCUT2D eigenvalue weighted by Gasteiger charge is -2.30. The summed E-state index contributed by atoms with van der Waals surface area (Å²) in [7, 11) is 1.76. The first-order valence-electron chi connectivity index (χ1n) is 9.36. The highest BCUT2D eigenvalue weighted by atomic mass is 32.1. The molecule has 1 aliphatic carbocycles. The number of hydrogen-bond donors (Lipinski definition) is 0. The summed E-state index contributed by atoms with van der Waals surface area (Å²) in [4.78, 5) is 0. The van der Waals surface area contributed by atoms with E-state index < -0.39 is 0 Å². The molecule has 5 rings (SSSR count). The van der Waals surface area contributed by atoms with Gasteiger partial charge in [0.1, 0.15) is 5.75 Å². The molecule has 1 heterocycles. The van der Waals surface area contributed by atoms with E-state index in [4.69, 9.17) is 4.74 Å². The Morgan fingerprint density at radius 3 is 2.35 bits per heavy atom. The van der Waals surface area contributed by atoms with Gasteiger partial charge in [0.2, 0.25) is 0 Å². The lowest BCUT2D eigenvalue weighted by molar-refractivity contribution is 0.411. The van der Waals surface area contributed by atoms with E-state index in [2.05, 4.69) is 68.4 Å². The summed E-state index contributed by atoms with van der Waals surface area (Å²) in [6.07, 6.45) is 2.20. The van der Waals surface area contributed by atoms with Crippen LogP contribution in [0.15, 0.2) is 54.6 Å². The predicted molar refractivity (Wildman–Crippen MR) is 113 cm³/mol. The third-order valence-corrected chi connectivity index (χ3v) is 7.41. The number of thiophene rings is 1. The number of ether oxygens (including phenoxy) is 1. The van der Waals surface area contributed by atoms with Gasteiger partial charge < -0.3 is 4.74 Å². The molecule has 0 bridgehead atoms. The zero-order chi connectivity index (χ0) is 17.9. The molecular weight excluding hydrogens is 336 g/mol. The smallest absolute Gasteiger partial charge is 0.119 e. The van der Waals surface area contributed by atoms with E-state index in [9.17, 15) is 0 Å². The lowest BCUT2D eigenvalue weighted by atomic mass is 9.73. The van der Waals surface area contributed by atoms with Crippen molar-refractivity contribution in [1.29, 1.82) is 0 Å². The van der Waals surface area contributed by atoms with Crippen LogP contribution in [0.2, 0.25) is 0 Å². The zero-order valence-electron chi connectivity index (χ0n) is 15.4. The van der Waals surface area contributed by atoms with E-state index in [0.29, 0.717) is 0 Å². The predicted octanol–water partition coefficient (Wildman–Crippen LogP) is 7.15. The van der Waals surface area contributed by atoms with Gasteiger partial charge in [-0.2, -0.15) is 0 Å². The quantitative estimate of drug-likeness (QED) is 0.378. The molecule has 1 nitrogen and oxygen atoms in total. The van der Waals surface area contributed by atoms with Crippen LogP contribution in [0.4, 0.5) is 0 Å². The Morgan fingerprint density at radius 1 is 0.808 bits per heavy atom. The summed E-state index contributed by atoms with van der Waals surface area (Å²) in [6, 6.07) is 20.3. The highest BCUT2D eigenvalue weighted by molar-refractivity contribution is 7.25. The van der Waals surface area contributed by atoms with Crippen LogP contribution in [0.3, 0.4) is 0 Å². The molecule has 1 aromatic heterocycles. The first-order valence-corrected chi connectivity index (χ1v) is 10.2. The first-order chi connectivity index (χ1) is 12.7. The minimum atomic E-state index is 0.0798. The third-order valence-electron chi connectivity index (χ3n) is 6.27. The van der Waals surface area contributed by atoms with Gasteiger partial charge in [0.05, 0.1) is 7.11 Å². The maximum absolute atomic E-state index is 5.54. The molecule has 26 heavy (non-hydrogen) atoms. The molecule has 4 aromatic rings. The Kier molecular flexibility index (Phi) is 3.42. The van der Waals surface area contributed by atoms with Crippen molar-refractivity contribution >= 4 is 31.5 Å². The minimum absolute atomic E-state index is 0.0798. The zero-order valence-corrected chi connectivity index (χ0v) is 16.2. The van der Waals surface area contributed by atoms with Crippen LogP contribution in [-0.2, 0) is 5.41 Å². The molecule has 0 amide bonds. The number of fused-ring (bicyclic) bond motifs is 6. The van der Waals surface area contributed by atoms with Crippen molar-refractivity contribution < 1.29 is 4.74 Å². The molecule has 3 aromatic carbocycles. The van der Waals surface area contributed by atoms with Gasteiger partial charge in [0, 0.05) is 25.6 Å². The summed E-state index contributed by atoms with van der Waals surface area (Å²) < 4.78 is 8.30. The summed E-state index contributed by atoms with van der Waals surface area (Å²) >= 11 is 1.90. The summed E-state index contributed by atoms with van der Waals surface area (Å²) in [5.74, 6) is 0.954. The van der Waals surface area contributed by atoms with Crippen molar-refractivity contribution in [1.82, 2.24) is 0 Å². The topological polar surface area (TPSA) is 9.23 Å². The van der Waals surface area contributed by atoms with Crippen molar-refractivity contribution in [3.63, 3.8) is 0 Å². The van der Waals surface area contributed by atoms with E-state index in [1.807, 2.05) is 11.3 Å². The standard InChI is InChI=1S/C24H22OS/c1-4-24(5-2)20-12-15(25-3)10-11-16(20)18-14-23-19(13-21(18)24)17-8-6-7-9-22(17)26-23/h6-14H,4-5H2,1-3H3. The van der Waals surface area contributed by atoms with E-state index in [1.165, 1.54) is 42.4 Å². The molecule has 0 aliphatic heterocycles. The number of rotatable bonds is 3. The van der Waals surface area contributed by atoms with Crippen molar-refractivity contribution in [3.05, 3.63) is 65.7 Å². The van der Waals surface area contributed by atoms with Crippen molar-refractivity contribution in [2.75, 3.05) is 7.11 Å². The Labute approximate surface area is 158 Å². The molecule has 0 fully saturated rings. The maximum atomic E-state index is 5.54. The third kappa shape index (κ3) is 1.91. The van der Waals surface area contributed by atoms with E-state index in [1.54, 1.807) is 7.11 Å². The molecule has 2 heteroatoms. The van der Waals surface area contributed by atoms with E-state index in [-0.39, 0.29) is 5.41 Å². The molecule has 0 radical (unpaired) electrons. The molecule has 0 spiro atoms. The summed E-state index contributed by atoms with van der Waals surface area (Å²) in [5, 5.41) is 2.78. The van der Waals surface area contributed by atoms with Crippen molar-refractivity contribution in [2.24, 2.45) is 0 Å². The molecule has 0 atom stereocenters. The Balaban J connectivity index is 1.89. The minimum Gasteiger partial charge on any atom is -0.497 e. The van der Waals surface area contributed by atoms with Gasteiger partial charge in [-0.3, -0.25) is 0 Å². The van der Waals surface area contributed by atoms with E-state index in [0.717, 1.165) is 18.6 Å². The molecule has 130 valence electrons. The van der Waals surface area contributed by atoms with Crippen LogP contribution >= 0.6 is 11.3 Å². The first kappa shape index (κ1) is 15.9. The molecule has 0 unspecified atom stereocenters. The normalized spacial score (nSPS) is 14.6. The van der Waals surface area contributed by atoms with Gasteiger partial charge in [0.15, 0.2) is 0 Å². The number of hydrogen-bond acceptors (Lipinski definition) is 2. The van der Waals surface area contributed by atoms with Gasteiger partial charge in [-0.25, -0.2) is 0 Å². The van der Waals surface area contributed by atoms with Gasteiger partial charge in [-0.05, 0) is 65.4 Å². The van der Waals surface area contributed by atoms with Crippen molar-refractivity contribution in [3.8, 4) is 16.9 Å². The maximum Gasteiger partial charge on any atom is 0.119 e. The number of benzene rings is 3. The van der Waals surface area contributed by atoms with Gasteiger partial charge in [0.25, 0.3) is 0 Å². The summed E-state index contributed by atoms with van der Waals surface area (Å²) in [5.41, 5.74) is 5.78. The summed E-state index contributed by atoms with van der Waals surface area (Å²) in [6.45, 7) is 4.63. The van der Waals surface area contributed by atoms with Crippen LogP contribution in [0, 0.1) is 0 Å². The number of methoxy groups -OCH3 is 1. The van der Waals surface area contributed by atoms with Gasteiger partial charge >= 0.3 is 0 Å².